The quantitative estimate of drug-likeness (QED) is 0.814. The fraction of sp³-hybridized carbons (Fsp3) is 0.667. The van der Waals surface area contributed by atoms with E-state index in [0.717, 1.165) is 25.9 Å². The molecule has 7 heteroatoms. The molecule has 1 aliphatic heterocycles. The molecule has 0 saturated carbocycles. The van der Waals surface area contributed by atoms with E-state index in [1.54, 1.807) is 7.11 Å². The topological polar surface area (TPSA) is 51.1 Å². The van der Waals surface area contributed by atoms with Gasteiger partial charge in [-0.1, -0.05) is 0 Å². The number of halogens is 2. The number of aromatic nitrogens is 3. The maximum absolute atomic E-state index is 5.74. The average molecular weight is 263 g/mol. The zero-order valence-electron chi connectivity index (χ0n) is 8.86. The minimum absolute atomic E-state index is 0.120. The molecule has 0 aliphatic carbocycles. The maximum Gasteiger partial charge on any atom is 0.231 e. The Morgan fingerprint density at radius 3 is 2.56 bits per heavy atom. The summed E-state index contributed by atoms with van der Waals surface area (Å²) in [6.07, 6.45) is 2.31. The second-order valence-electron chi connectivity index (χ2n) is 3.62. The number of nitrogens with zero attached hydrogens (tertiary/aromatic N) is 4. The average Bonchev–Trinajstić information content (AvgIpc) is 2.28. The van der Waals surface area contributed by atoms with Gasteiger partial charge in [0, 0.05) is 20.2 Å². The van der Waals surface area contributed by atoms with Crippen LogP contribution in [0.1, 0.15) is 12.8 Å². The number of methoxy groups -OCH3 is 1. The van der Waals surface area contributed by atoms with E-state index in [1.165, 1.54) is 0 Å². The number of rotatable bonds is 2. The molecule has 0 aromatic carbocycles. The molecule has 1 atom stereocenters. The van der Waals surface area contributed by atoms with Gasteiger partial charge in [0.05, 0.1) is 6.10 Å². The summed E-state index contributed by atoms with van der Waals surface area (Å²) in [6, 6.07) is 0. The molecule has 0 amide bonds. The van der Waals surface area contributed by atoms with Crippen molar-refractivity contribution in [3.8, 4) is 0 Å². The Morgan fingerprint density at radius 2 is 1.94 bits per heavy atom. The van der Waals surface area contributed by atoms with Gasteiger partial charge in [-0.05, 0) is 36.0 Å². The van der Waals surface area contributed by atoms with Crippen molar-refractivity contribution >= 4 is 29.2 Å². The standard InChI is InChI=1S/C9H12Cl2N4O/c1-16-6-3-2-4-15(5-6)9-13-7(10)12-8(11)14-9/h6H,2-5H2,1H3. The van der Waals surface area contributed by atoms with Gasteiger partial charge in [0.25, 0.3) is 0 Å². The van der Waals surface area contributed by atoms with E-state index < -0.39 is 0 Å². The second-order valence-corrected chi connectivity index (χ2v) is 4.30. The van der Waals surface area contributed by atoms with Crippen LogP contribution in [-0.4, -0.2) is 41.3 Å². The van der Waals surface area contributed by atoms with Crippen LogP contribution in [-0.2, 0) is 4.74 Å². The van der Waals surface area contributed by atoms with E-state index >= 15 is 0 Å². The monoisotopic (exact) mass is 262 g/mol. The third-order valence-corrected chi connectivity index (χ3v) is 2.90. The lowest BCUT2D eigenvalue weighted by Crippen LogP contribution is -2.40. The summed E-state index contributed by atoms with van der Waals surface area (Å²) < 4.78 is 5.32. The first-order valence-electron chi connectivity index (χ1n) is 5.04. The van der Waals surface area contributed by atoms with Gasteiger partial charge in [0.1, 0.15) is 0 Å². The van der Waals surface area contributed by atoms with Gasteiger partial charge in [0.15, 0.2) is 0 Å². The van der Waals surface area contributed by atoms with Crippen LogP contribution in [0.4, 0.5) is 5.95 Å². The van der Waals surface area contributed by atoms with Crippen molar-refractivity contribution in [3.63, 3.8) is 0 Å². The molecule has 5 nitrogen and oxygen atoms in total. The molecule has 0 bridgehead atoms. The van der Waals surface area contributed by atoms with Crippen LogP contribution < -0.4 is 4.90 Å². The fourth-order valence-corrected chi connectivity index (χ4v) is 2.12. The van der Waals surface area contributed by atoms with E-state index in [1.807, 2.05) is 4.90 Å². The highest BCUT2D eigenvalue weighted by Gasteiger charge is 2.22. The van der Waals surface area contributed by atoms with E-state index in [-0.39, 0.29) is 16.7 Å². The summed E-state index contributed by atoms with van der Waals surface area (Å²) in [6.45, 7) is 1.64. The van der Waals surface area contributed by atoms with Crippen LogP contribution >= 0.6 is 23.2 Å². The number of hydrogen-bond acceptors (Lipinski definition) is 5. The zero-order valence-corrected chi connectivity index (χ0v) is 10.4. The Kier molecular flexibility index (Phi) is 3.78. The molecule has 1 unspecified atom stereocenters. The molecule has 1 aromatic heterocycles. The van der Waals surface area contributed by atoms with Crippen LogP contribution in [0.15, 0.2) is 0 Å². The van der Waals surface area contributed by atoms with Crippen molar-refractivity contribution in [2.75, 3.05) is 25.1 Å². The Balaban J connectivity index is 2.16. The molecule has 0 radical (unpaired) electrons. The fourth-order valence-electron chi connectivity index (χ4n) is 1.77. The highest BCUT2D eigenvalue weighted by Crippen LogP contribution is 2.19. The molecule has 2 heterocycles. The summed E-state index contributed by atoms with van der Waals surface area (Å²) in [7, 11) is 1.71. The SMILES string of the molecule is COC1CCCN(c2nc(Cl)nc(Cl)n2)C1. The van der Waals surface area contributed by atoms with Crippen molar-refractivity contribution in [2.45, 2.75) is 18.9 Å². The highest BCUT2D eigenvalue weighted by atomic mass is 35.5. The van der Waals surface area contributed by atoms with Crippen LogP contribution in [0, 0.1) is 0 Å². The van der Waals surface area contributed by atoms with Crippen LogP contribution in [0.3, 0.4) is 0 Å². The number of ether oxygens (including phenoxy) is 1. The Hall–Kier alpha value is -0.650. The number of hydrogen-bond donors (Lipinski definition) is 0. The minimum atomic E-state index is 0.120. The van der Waals surface area contributed by atoms with Gasteiger partial charge < -0.3 is 9.64 Å². The van der Waals surface area contributed by atoms with Gasteiger partial charge in [-0.2, -0.15) is 15.0 Å². The second kappa shape index (κ2) is 5.12. The molecule has 1 aliphatic rings. The molecule has 0 spiro atoms. The van der Waals surface area contributed by atoms with Crippen molar-refractivity contribution < 1.29 is 4.74 Å². The van der Waals surface area contributed by atoms with Gasteiger partial charge in [-0.25, -0.2) is 0 Å². The maximum atomic E-state index is 5.74. The summed E-state index contributed by atoms with van der Waals surface area (Å²) in [5, 5.41) is 0.240. The first kappa shape index (κ1) is 11.8. The third kappa shape index (κ3) is 2.72. The molecule has 1 aromatic rings. The normalized spacial score (nSPS) is 21.2. The minimum Gasteiger partial charge on any atom is -0.380 e. The molecule has 1 fully saturated rings. The third-order valence-electron chi connectivity index (χ3n) is 2.56. The smallest absolute Gasteiger partial charge is 0.231 e. The van der Waals surface area contributed by atoms with E-state index in [0.29, 0.717) is 5.95 Å². The van der Waals surface area contributed by atoms with Crippen LogP contribution in [0.2, 0.25) is 10.6 Å². The lowest BCUT2D eigenvalue weighted by Gasteiger charge is -2.31. The lowest BCUT2D eigenvalue weighted by molar-refractivity contribution is 0.0889. The van der Waals surface area contributed by atoms with Crippen molar-refractivity contribution in [2.24, 2.45) is 0 Å². The Labute approximate surface area is 104 Å². The predicted octanol–water partition coefficient (Wildman–Crippen LogP) is 1.79. The lowest BCUT2D eigenvalue weighted by atomic mass is 10.1. The molecular formula is C9H12Cl2N4O. The first-order valence-corrected chi connectivity index (χ1v) is 5.79. The van der Waals surface area contributed by atoms with Crippen LogP contribution in [0.5, 0.6) is 0 Å². The Bertz CT molecular complexity index is 356. The van der Waals surface area contributed by atoms with E-state index in [2.05, 4.69) is 15.0 Å². The predicted molar refractivity (Wildman–Crippen MR) is 62.1 cm³/mol. The zero-order chi connectivity index (χ0) is 11.5. The van der Waals surface area contributed by atoms with Crippen molar-refractivity contribution in [1.82, 2.24) is 15.0 Å². The molecule has 1 saturated heterocycles. The number of anilines is 1. The van der Waals surface area contributed by atoms with Crippen LogP contribution in [0.25, 0.3) is 0 Å². The van der Waals surface area contributed by atoms with E-state index in [4.69, 9.17) is 27.9 Å². The summed E-state index contributed by atoms with van der Waals surface area (Å²) >= 11 is 11.5. The summed E-state index contributed by atoms with van der Waals surface area (Å²) in [4.78, 5) is 13.8. The first-order chi connectivity index (χ1) is 7.69. The molecular weight excluding hydrogens is 251 g/mol. The van der Waals surface area contributed by atoms with Gasteiger partial charge >= 0.3 is 0 Å². The number of piperidine rings is 1. The van der Waals surface area contributed by atoms with Crippen molar-refractivity contribution in [1.29, 1.82) is 0 Å². The van der Waals surface area contributed by atoms with Crippen molar-refractivity contribution in [3.05, 3.63) is 10.6 Å². The van der Waals surface area contributed by atoms with Gasteiger partial charge in [-0.15, -0.1) is 0 Å². The largest absolute Gasteiger partial charge is 0.380 e. The summed E-state index contributed by atoms with van der Waals surface area (Å²) in [5.74, 6) is 0.520. The molecule has 88 valence electrons. The van der Waals surface area contributed by atoms with Gasteiger partial charge in [0.2, 0.25) is 16.5 Å². The highest BCUT2D eigenvalue weighted by molar-refractivity contribution is 6.31. The van der Waals surface area contributed by atoms with Gasteiger partial charge in [-0.3, -0.25) is 0 Å². The molecule has 0 N–H and O–H groups in total. The summed E-state index contributed by atoms with van der Waals surface area (Å²) in [5.41, 5.74) is 0. The molecule has 2 rings (SSSR count). The van der Waals surface area contributed by atoms with E-state index in [9.17, 15) is 0 Å². The Morgan fingerprint density at radius 1 is 1.25 bits per heavy atom. The molecule has 16 heavy (non-hydrogen) atoms.